The van der Waals surface area contributed by atoms with Gasteiger partial charge in [0.25, 0.3) is 10.2 Å². The van der Waals surface area contributed by atoms with Gasteiger partial charge in [-0.1, -0.05) is 12.5 Å². The lowest BCUT2D eigenvalue weighted by Gasteiger charge is -2.37. The maximum atomic E-state index is 12.6. The smallest absolute Gasteiger partial charge is 0.282 e. The fourth-order valence-electron chi connectivity index (χ4n) is 3.10. The molecule has 2 aliphatic heterocycles. The number of piperidine rings is 1. The van der Waals surface area contributed by atoms with Crippen molar-refractivity contribution in [1.29, 1.82) is 0 Å². The number of nitrogens with zero attached hydrogens (tertiary/aromatic N) is 4. The van der Waals surface area contributed by atoms with Gasteiger partial charge in [0.15, 0.2) is 0 Å². The molecule has 1 aromatic heterocycles. The lowest BCUT2D eigenvalue weighted by atomic mass is 10.2. The van der Waals surface area contributed by atoms with Gasteiger partial charge in [0.1, 0.15) is 0 Å². The molecule has 0 amide bonds. The molecule has 122 valence electrons. The van der Waals surface area contributed by atoms with Crippen molar-refractivity contribution >= 4 is 10.2 Å². The van der Waals surface area contributed by atoms with Crippen LogP contribution in [0.1, 0.15) is 25.0 Å². The number of rotatable bonds is 4. The van der Waals surface area contributed by atoms with Crippen LogP contribution in [0.2, 0.25) is 0 Å². The molecule has 22 heavy (non-hydrogen) atoms. The van der Waals surface area contributed by atoms with Gasteiger partial charge in [-0.05, 0) is 25.0 Å². The lowest BCUT2D eigenvalue weighted by molar-refractivity contribution is 0.171. The zero-order chi connectivity index (χ0) is 15.4. The van der Waals surface area contributed by atoms with E-state index < -0.39 is 10.2 Å². The molecule has 0 N–H and O–H groups in total. The summed E-state index contributed by atoms with van der Waals surface area (Å²) in [6.45, 7) is 4.83. The largest absolute Gasteiger partial charge is 0.295 e. The van der Waals surface area contributed by atoms with Crippen LogP contribution in [0.4, 0.5) is 0 Å². The summed E-state index contributed by atoms with van der Waals surface area (Å²) < 4.78 is 28.6. The van der Waals surface area contributed by atoms with Crippen LogP contribution in [0.15, 0.2) is 24.4 Å². The highest BCUT2D eigenvalue weighted by Crippen LogP contribution is 2.18. The second-order valence-corrected chi connectivity index (χ2v) is 7.89. The second-order valence-electron chi connectivity index (χ2n) is 5.96. The zero-order valence-electron chi connectivity index (χ0n) is 12.9. The molecular weight excluding hydrogens is 300 g/mol. The van der Waals surface area contributed by atoms with E-state index in [0.717, 1.165) is 44.6 Å². The van der Waals surface area contributed by atoms with Crippen molar-refractivity contribution in [2.24, 2.45) is 0 Å². The maximum absolute atomic E-state index is 12.6. The molecule has 0 aromatic carbocycles. The van der Waals surface area contributed by atoms with Gasteiger partial charge in [-0.3, -0.25) is 9.88 Å². The van der Waals surface area contributed by atoms with Crippen molar-refractivity contribution in [2.45, 2.75) is 25.8 Å². The Kier molecular flexibility index (Phi) is 5.07. The quantitative estimate of drug-likeness (QED) is 0.827. The molecule has 0 radical (unpaired) electrons. The fourth-order valence-corrected chi connectivity index (χ4v) is 4.77. The minimum absolute atomic E-state index is 0.575. The molecule has 0 atom stereocenters. The zero-order valence-corrected chi connectivity index (χ0v) is 13.7. The van der Waals surface area contributed by atoms with Crippen molar-refractivity contribution in [3.8, 4) is 0 Å². The van der Waals surface area contributed by atoms with Gasteiger partial charge in [0, 0.05) is 52.0 Å². The molecule has 7 heteroatoms. The Morgan fingerprint density at radius 1 is 0.909 bits per heavy atom. The summed E-state index contributed by atoms with van der Waals surface area (Å²) in [5.41, 5.74) is 1.04. The minimum Gasteiger partial charge on any atom is -0.295 e. The van der Waals surface area contributed by atoms with E-state index in [2.05, 4.69) is 9.88 Å². The molecule has 3 heterocycles. The Labute approximate surface area is 132 Å². The lowest BCUT2D eigenvalue weighted by Crippen LogP contribution is -2.53. The molecule has 1 aromatic rings. The SMILES string of the molecule is O=S(=O)(N1CCCCC1)N1CCN(Cc2ccccn2)CC1. The van der Waals surface area contributed by atoms with E-state index in [4.69, 9.17) is 0 Å². The number of pyridine rings is 1. The van der Waals surface area contributed by atoms with Crippen LogP contribution < -0.4 is 0 Å². The van der Waals surface area contributed by atoms with Crippen molar-refractivity contribution in [3.63, 3.8) is 0 Å². The summed E-state index contributed by atoms with van der Waals surface area (Å²) >= 11 is 0. The molecule has 2 aliphatic rings. The minimum atomic E-state index is -3.26. The topological polar surface area (TPSA) is 56.8 Å². The van der Waals surface area contributed by atoms with E-state index in [1.807, 2.05) is 18.2 Å². The molecule has 0 bridgehead atoms. The third-order valence-electron chi connectivity index (χ3n) is 4.41. The fraction of sp³-hybridized carbons (Fsp3) is 0.667. The number of hydrogen-bond acceptors (Lipinski definition) is 4. The molecule has 2 saturated heterocycles. The Bertz CT molecular complexity index is 564. The summed E-state index contributed by atoms with van der Waals surface area (Å²) in [7, 11) is -3.26. The standard InChI is InChI=1S/C15H24N4O2S/c20-22(21,18-8-4-1-5-9-18)19-12-10-17(11-13-19)14-15-6-2-3-7-16-15/h2-3,6-7H,1,4-5,8-14H2. The third kappa shape index (κ3) is 3.65. The van der Waals surface area contributed by atoms with E-state index in [1.54, 1.807) is 14.8 Å². The summed E-state index contributed by atoms with van der Waals surface area (Å²) in [5.74, 6) is 0. The first-order valence-electron chi connectivity index (χ1n) is 8.04. The van der Waals surface area contributed by atoms with Crippen molar-refractivity contribution in [1.82, 2.24) is 18.5 Å². The van der Waals surface area contributed by atoms with E-state index in [-0.39, 0.29) is 0 Å². The van der Waals surface area contributed by atoms with Gasteiger partial charge < -0.3 is 0 Å². The highest BCUT2D eigenvalue weighted by molar-refractivity contribution is 7.86. The van der Waals surface area contributed by atoms with Gasteiger partial charge in [0.05, 0.1) is 5.69 Å². The summed E-state index contributed by atoms with van der Waals surface area (Å²) in [6, 6.07) is 5.91. The summed E-state index contributed by atoms with van der Waals surface area (Å²) in [5, 5.41) is 0. The van der Waals surface area contributed by atoms with Crippen LogP contribution in [-0.4, -0.2) is 66.2 Å². The second kappa shape index (κ2) is 7.04. The van der Waals surface area contributed by atoms with E-state index in [1.165, 1.54) is 0 Å². The molecule has 0 saturated carbocycles. The van der Waals surface area contributed by atoms with Crippen molar-refractivity contribution in [3.05, 3.63) is 30.1 Å². The van der Waals surface area contributed by atoms with Crippen LogP contribution in [0, 0.1) is 0 Å². The van der Waals surface area contributed by atoms with Gasteiger partial charge >= 0.3 is 0 Å². The predicted molar refractivity (Wildman–Crippen MR) is 85.4 cm³/mol. The van der Waals surface area contributed by atoms with Crippen molar-refractivity contribution < 1.29 is 8.42 Å². The van der Waals surface area contributed by atoms with E-state index in [9.17, 15) is 8.42 Å². The Morgan fingerprint density at radius 2 is 1.59 bits per heavy atom. The monoisotopic (exact) mass is 324 g/mol. The van der Waals surface area contributed by atoms with Gasteiger partial charge in [-0.25, -0.2) is 0 Å². The highest BCUT2D eigenvalue weighted by atomic mass is 32.2. The number of piperazine rings is 1. The van der Waals surface area contributed by atoms with Gasteiger partial charge in [-0.15, -0.1) is 0 Å². The van der Waals surface area contributed by atoms with Crippen LogP contribution in [0.5, 0.6) is 0 Å². The molecule has 2 fully saturated rings. The van der Waals surface area contributed by atoms with Crippen LogP contribution in [0.3, 0.4) is 0 Å². The third-order valence-corrected chi connectivity index (χ3v) is 6.45. The molecule has 0 unspecified atom stereocenters. The number of hydrogen-bond donors (Lipinski definition) is 0. The summed E-state index contributed by atoms with van der Waals surface area (Å²) in [4.78, 5) is 6.60. The van der Waals surface area contributed by atoms with Crippen LogP contribution >= 0.6 is 0 Å². The molecular formula is C15H24N4O2S. The maximum Gasteiger partial charge on any atom is 0.282 e. The molecule has 6 nitrogen and oxygen atoms in total. The average molecular weight is 324 g/mol. The Balaban J connectivity index is 1.54. The molecule has 0 spiro atoms. The first kappa shape index (κ1) is 15.9. The highest BCUT2D eigenvalue weighted by Gasteiger charge is 2.32. The summed E-state index contributed by atoms with van der Waals surface area (Å²) in [6.07, 6.45) is 4.91. The first-order chi connectivity index (χ1) is 10.7. The average Bonchev–Trinajstić information content (AvgIpc) is 2.57. The normalized spacial score (nSPS) is 22.7. The van der Waals surface area contributed by atoms with Crippen molar-refractivity contribution in [2.75, 3.05) is 39.3 Å². The van der Waals surface area contributed by atoms with Gasteiger partial charge in [-0.2, -0.15) is 17.0 Å². The first-order valence-corrected chi connectivity index (χ1v) is 9.43. The molecule has 0 aliphatic carbocycles. The Morgan fingerprint density at radius 3 is 2.23 bits per heavy atom. The van der Waals surface area contributed by atoms with Crippen LogP contribution in [0.25, 0.3) is 0 Å². The number of aromatic nitrogens is 1. The van der Waals surface area contributed by atoms with E-state index in [0.29, 0.717) is 26.2 Å². The predicted octanol–water partition coefficient (Wildman–Crippen LogP) is 0.930. The van der Waals surface area contributed by atoms with Gasteiger partial charge in [0.2, 0.25) is 0 Å². The molecule has 3 rings (SSSR count). The van der Waals surface area contributed by atoms with Crippen LogP contribution in [-0.2, 0) is 16.8 Å². The Hall–Kier alpha value is -1.02. The van der Waals surface area contributed by atoms with E-state index >= 15 is 0 Å².